The smallest absolute Gasteiger partial charge is 0.282 e. The van der Waals surface area contributed by atoms with Gasteiger partial charge >= 0.3 is 0 Å². The molecule has 0 unspecified atom stereocenters. The molecule has 4 nitrogen and oxygen atoms in total. The maximum atomic E-state index is 12.7. The van der Waals surface area contributed by atoms with E-state index in [0.29, 0.717) is 4.77 Å². The Morgan fingerprint density at radius 2 is 1.89 bits per heavy atom. The van der Waals surface area contributed by atoms with Gasteiger partial charge in [0.15, 0.2) is 4.77 Å². The van der Waals surface area contributed by atoms with Crippen molar-refractivity contribution in [2.45, 2.75) is 33.1 Å². The van der Waals surface area contributed by atoms with Crippen LogP contribution in [0, 0.1) is 18.6 Å². The lowest BCUT2D eigenvalue weighted by Crippen LogP contribution is -2.46. The second-order valence-electron chi connectivity index (χ2n) is 5.05. The van der Waals surface area contributed by atoms with Crippen LogP contribution in [0.5, 0.6) is 0 Å². The SMILES string of the molecule is Cc1sc2[nH]c(=S)n(N3CCCCC3)c(=O)c2c1C. The molecule has 0 saturated carbocycles. The average molecular weight is 295 g/mol. The molecule has 3 rings (SSSR count). The van der Waals surface area contributed by atoms with Gasteiger partial charge in [0.05, 0.1) is 5.39 Å². The number of nitrogens with one attached hydrogen (secondary N) is 1. The van der Waals surface area contributed by atoms with E-state index in [2.05, 4.69) is 9.99 Å². The highest BCUT2D eigenvalue weighted by Gasteiger charge is 2.18. The van der Waals surface area contributed by atoms with Crippen LogP contribution in [0.3, 0.4) is 0 Å². The van der Waals surface area contributed by atoms with E-state index in [-0.39, 0.29) is 5.56 Å². The summed E-state index contributed by atoms with van der Waals surface area (Å²) < 4.78 is 2.18. The number of H-pyrrole nitrogens is 1. The normalized spacial score (nSPS) is 16.2. The highest BCUT2D eigenvalue weighted by Crippen LogP contribution is 2.25. The van der Waals surface area contributed by atoms with Crippen molar-refractivity contribution in [3.8, 4) is 0 Å². The van der Waals surface area contributed by atoms with Crippen molar-refractivity contribution in [1.29, 1.82) is 0 Å². The standard InChI is InChI=1S/C13H17N3OS2/c1-8-9(2)19-11-10(8)12(17)16(13(18)14-11)15-6-4-3-5-7-15/h3-7H2,1-2H3,(H,14,18). The van der Waals surface area contributed by atoms with Crippen molar-refractivity contribution in [1.82, 2.24) is 9.66 Å². The van der Waals surface area contributed by atoms with E-state index in [4.69, 9.17) is 12.2 Å². The van der Waals surface area contributed by atoms with Crippen molar-refractivity contribution in [3.63, 3.8) is 0 Å². The summed E-state index contributed by atoms with van der Waals surface area (Å²) in [5.74, 6) is 0. The zero-order valence-corrected chi connectivity index (χ0v) is 12.8. The minimum absolute atomic E-state index is 0.0301. The van der Waals surface area contributed by atoms with Gasteiger partial charge in [-0.3, -0.25) is 4.79 Å². The van der Waals surface area contributed by atoms with Crippen molar-refractivity contribution >= 4 is 33.8 Å². The zero-order chi connectivity index (χ0) is 13.6. The lowest BCUT2D eigenvalue weighted by atomic mass is 10.2. The summed E-state index contributed by atoms with van der Waals surface area (Å²) in [4.78, 5) is 18.0. The first-order chi connectivity index (χ1) is 9.09. The summed E-state index contributed by atoms with van der Waals surface area (Å²) >= 11 is 6.98. The van der Waals surface area contributed by atoms with Gasteiger partial charge in [0, 0.05) is 18.0 Å². The fourth-order valence-corrected chi connectivity index (χ4v) is 4.07. The van der Waals surface area contributed by atoms with E-state index in [1.165, 1.54) is 11.3 Å². The number of piperidine rings is 1. The first kappa shape index (κ1) is 12.9. The highest BCUT2D eigenvalue weighted by molar-refractivity contribution is 7.71. The van der Waals surface area contributed by atoms with Crippen LogP contribution in [0.1, 0.15) is 29.7 Å². The number of aromatic nitrogens is 2. The van der Waals surface area contributed by atoms with Crippen LogP contribution in [-0.4, -0.2) is 22.7 Å². The van der Waals surface area contributed by atoms with E-state index >= 15 is 0 Å². The maximum absolute atomic E-state index is 12.7. The van der Waals surface area contributed by atoms with E-state index < -0.39 is 0 Å². The van der Waals surface area contributed by atoms with Gasteiger partial charge in [-0.05, 0) is 50.9 Å². The first-order valence-electron chi connectivity index (χ1n) is 6.60. The molecule has 0 atom stereocenters. The molecular weight excluding hydrogens is 278 g/mol. The Hall–Kier alpha value is -1.14. The van der Waals surface area contributed by atoms with Crippen LogP contribution in [-0.2, 0) is 0 Å². The number of hydrogen-bond acceptors (Lipinski definition) is 4. The third-order valence-electron chi connectivity index (χ3n) is 3.82. The average Bonchev–Trinajstić information content (AvgIpc) is 2.66. The van der Waals surface area contributed by atoms with Crippen LogP contribution in [0.2, 0.25) is 0 Å². The van der Waals surface area contributed by atoms with Crippen LogP contribution in [0.25, 0.3) is 10.2 Å². The molecule has 3 heterocycles. The molecule has 0 spiro atoms. The lowest BCUT2D eigenvalue weighted by Gasteiger charge is -2.29. The zero-order valence-electron chi connectivity index (χ0n) is 11.2. The molecule has 1 aliphatic heterocycles. The molecule has 19 heavy (non-hydrogen) atoms. The lowest BCUT2D eigenvalue weighted by molar-refractivity contribution is 0.464. The van der Waals surface area contributed by atoms with Gasteiger partial charge in [0.1, 0.15) is 4.83 Å². The van der Waals surface area contributed by atoms with E-state index in [1.807, 2.05) is 13.8 Å². The molecule has 0 bridgehead atoms. The second-order valence-corrected chi connectivity index (χ2v) is 6.66. The molecule has 0 amide bonds. The van der Waals surface area contributed by atoms with Gasteiger partial charge in [-0.25, -0.2) is 0 Å². The van der Waals surface area contributed by atoms with Crippen molar-refractivity contribution in [2.24, 2.45) is 0 Å². The summed E-state index contributed by atoms with van der Waals surface area (Å²) in [6, 6.07) is 0. The minimum Gasteiger partial charge on any atom is -0.322 e. The van der Waals surface area contributed by atoms with Crippen molar-refractivity contribution in [2.75, 3.05) is 18.1 Å². The quantitative estimate of drug-likeness (QED) is 0.823. The second kappa shape index (κ2) is 4.76. The molecule has 2 aromatic heterocycles. The molecule has 102 valence electrons. The monoisotopic (exact) mass is 295 g/mol. The third-order valence-corrected chi connectivity index (χ3v) is 5.22. The van der Waals surface area contributed by atoms with Crippen LogP contribution in [0.4, 0.5) is 0 Å². The number of aryl methyl sites for hydroxylation is 2. The number of thiophene rings is 1. The number of rotatable bonds is 1. The molecule has 0 aliphatic carbocycles. The maximum Gasteiger partial charge on any atom is 0.282 e. The van der Waals surface area contributed by atoms with Gasteiger partial charge in [-0.2, -0.15) is 4.68 Å². The fourth-order valence-electron chi connectivity index (χ4n) is 2.65. The van der Waals surface area contributed by atoms with E-state index in [9.17, 15) is 4.79 Å². The molecular formula is C13H17N3OS2. The van der Waals surface area contributed by atoms with Gasteiger partial charge in [0.2, 0.25) is 0 Å². The largest absolute Gasteiger partial charge is 0.322 e. The molecule has 6 heteroatoms. The van der Waals surface area contributed by atoms with Crippen LogP contribution >= 0.6 is 23.6 Å². The summed E-state index contributed by atoms with van der Waals surface area (Å²) in [5.41, 5.74) is 1.10. The predicted molar refractivity (Wildman–Crippen MR) is 82.5 cm³/mol. The Bertz CT molecular complexity index is 735. The van der Waals surface area contributed by atoms with E-state index in [0.717, 1.165) is 41.7 Å². The Kier molecular flexibility index (Phi) is 3.22. The Balaban J connectivity index is 2.27. The van der Waals surface area contributed by atoms with Gasteiger partial charge < -0.3 is 9.99 Å². The number of nitrogens with zero attached hydrogens (tertiary/aromatic N) is 2. The van der Waals surface area contributed by atoms with Gasteiger partial charge in [-0.1, -0.05) is 0 Å². The number of fused-ring (bicyclic) bond motifs is 1. The molecule has 0 radical (unpaired) electrons. The van der Waals surface area contributed by atoms with Crippen LogP contribution < -0.4 is 10.6 Å². The predicted octanol–water partition coefficient (Wildman–Crippen LogP) is 2.86. The van der Waals surface area contributed by atoms with E-state index in [1.54, 1.807) is 16.0 Å². The minimum atomic E-state index is 0.0301. The highest BCUT2D eigenvalue weighted by atomic mass is 32.1. The Labute approximate surface area is 120 Å². The Morgan fingerprint density at radius 3 is 2.58 bits per heavy atom. The van der Waals surface area contributed by atoms with Crippen LogP contribution in [0.15, 0.2) is 4.79 Å². The molecule has 1 saturated heterocycles. The topological polar surface area (TPSA) is 41.0 Å². The molecule has 2 aromatic rings. The summed E-state index contributed by atoms with van der Waals surface area (Å²) in [5, 5.41) is 2.87. The molecule has 1 aliphatic rings. The third kappa shape index (κ3) is 2.03. The molecule has 1 N–H and O–H groups in total. The van der Waals surface area contributed by atoms with Crippen molar-refractivity contribution in [3.05, 3.63) is 25.6 Å². The molecule has 0 aromatic carbocycles. The Morgan fingerprint density at radius 1 is 1.21 bits per heavy atom. The van der Waals surface area contributed by atoms with Gasteiger partial charge in [-0.15, -0.1) is 11.3 Å². The fraction of sp³-hybridized carbons (Fsp3) is 0.538. The summed E-state index contributed by atoms with van der Waals surface area (Å²) in [6.45, 7) is 5.87. The summed E-state index contributed by atoms with van der Waals surface area (Å²) in [6.07, 6.45) is 3.49. The number of hydrogen-bond donors (Lipinski definition) is 1. The number of aromatic amines is 1. The van der Waals surface area contributed by atoms with Gasteiger partial charge in [0.25, 0.3) is 5.56 Å². The first-order valence-corrected chi connectivity index (χ1v) is 7.82. The summed E-state index contributed by atoms with van der Waals surface area (Å²) in [7, 11) is 0. The molecule has 1 fully saturated rings. The van der Waals surface area contributed by atoms with Crippen molar-refractivity contribution < 1.29 is 0 Å².